The second-order valence-electron chi connectivity index (χ2n) is 4.92. The molecule has 1 aromatic carbocycles. The second kappa shape index (κ2) is 5.38. The predicted molar refractivity (Wildman–Crippen MR) is 67.9 cm³/mol. The van der Waals surface area contributed by atoms with Gasteiger partial charge >= 0.3 is 0 Å². The molecule has 0 amide bonds. The van der Waals surface area contributed by atoms with E-state index in [1.54, 1.807) is 0 Å². The largest absolute Gasteiger partial charge is 0.490 e. The number of aryl methyl sites for hydroxylation is 1. The van der Waals surface area contributed by atoms with Crippen molar-refractivity contribution in [1.82, 2.24) is 0 Å². The third-order valence-electron chi connectivity index (χ3n) is 3.65. The van der Waals surface area contributed by atoms with Gasteiger partial charge in [-0.1, -0.05) is 32.4 Å². The first kappa shape index (κ1) is 11.5. The van der Waals surface area contributed by atoms with Crippen LogP contribution in [0.15, 0.2) is 24.3 Å². The summed E-state index contributed by atoms with van der Waals surface area (Å²) in [5.41, 5.74) is 1.38. The van der Waals surface area contributed by atoms with Crippen molar-refractivity contribution < 1.29 is 4.74 Å². The van der Waals surface area contributed by atoms with E-state index in [0.717, 1.165) is 12.2 Å². The van der Waals surface area contributed by atoms with Gasteiger partial charge in [0.2, 0.25) is 0 Å². The monoisotopic (exact) mass is 218 g/mol. The van der Waals surface area contributed by atoms with E-state index in [9.17, 15) is 0 Å². The van der Waals surface area contributed by atoms with Gasteiger partial charge in [-0.05, 0) is 49.3 Å². The minimum atomic E-state index is 0.432. The second-order valence-corrected chi connectivity index (χ2v) is 4.92. The third-order valence-corrected chi connectivity index (χ3v) is 3.65. The van der Waals surface area contributed by atoms with E-state index in [2.05, 4.69) is 38.1 Å². The highest BCUT2D eigenvalue weighted by atomic mass is 16.5. The van der Waals surface area contributed by atoms with Gasteiger partial charge in [-0.3, -0.25) is 0 Å². The van der Waals surface area contributed by atoms with Crippen LogP contribution < -0.4 is 4.74 Å². The molecule has 0 bridgehead atoms. The molecule has 0 aliphatic heterocycles. The van der Waals surface area contributed by atoms with Crippen LogP contribution in [-0.2, 0) is 6.42 Å². The van der Waals surface area contributed by atoms with Crippen molar-refractivity contribution in [3.05, 3.63) is 29.8 Å². The quantitative estimate of drug-likeness (QED) is 0.738. The van der Waals surface area contributed by atoms with Crippen LogP contribution in [0, 0.1) is 5.92 Å². The summed E-state index contributed by atoms with van der Waals surface area (Å²) in [6.07, 6.45) is 6.76. The molecular formula is C15H22O. The minimum absolute atomic E-state index is 0.432. The summed E-state index contributed by atoms with van der Waals surface area (Å²) in [7, 11) is 0. The Morgan fingerprint density at radius 2 is 1.81 bits per heavy atom. The summed E-state index contributed by atoms with van der Waals surface area (Å²) in [4.78, 5) is 0. The molecule has 1 fully saturated rings. The van der Waals surface area contributed by atoms with Crippen molar-refractivity contribution in [3.63, 3.8) is 0 Å². The molecule has 1 saturated carbocycles. The number of benzene rings is 1. The average molecular weight is 218 g/mol. The van der Waals surface area contributed by atoms with E-state index in [1.807, 2.05) is 0 Å². The molecule has 0 aromatic heterocycles. The van der Waals surface area contributed by atoms with Crippen molar-refractivity contribution in [3.8, 4) is 5.75 Å². The molecule has 2 rings (SSSR count). The standard InChI is InChI=1S/C15H22O/c1-3-13-8-10-14(11-9-13)16-15-7-5-4-6-12(15)2/h8-12,15H,3-7H2,1-2H3/t12-,15-/m1/s1. The van der Waals surface area contributed by atoms with Crippen LogP contribution >= 0.6 is 0 Å². The van der Waals surface area contributed by atoms with Crippen molar-refractivity contribution in [2.45, 2.75) is 52.1 Å². The maximum Gasteiger partial charge on any atom is 0.119 e. The molecule has 0 N–H and O–H groups in total. The van der Waals surface area contributed by atoms with Gasteiger partial charge in [0.15, 0.2) is 0 Å². The highest BCUT2D eigenvalue weighted by Gasteiger charge is 2.22. The zero-order chi connectivity index (χ0) is 11.4. The van der Waals surface area contributed by atoms with Crippen molar-refractivity contribution in [1.29, 1.82) is 0 Å². The molecule has 0 unspecified atom stereocenters. The fourth-order valence-electron chi connectivity index (χ4n) is 2.44. The lowest BCUT2D eigenvalue weighted by molar-refractivity contribution is 0.102. The fourth-order valence-corrected chi connectivity index (χ4v) is 2.44. The molecule has 1 heteroatoms. The Balaban J connectivity index is 1.96. The number of hydrogen-bond donors (Lipinski definition) is 0. The molecule has 1 aliphatic rings. The van der Waals surface area contributed by atoms with Gasteiger partial charge in [0.25, 0.3) is 0 Å². The molecule has 0 heterocycles. The van der Waals surface area contributed by atoms with E-state index < -0.39 is 0 Å². The van der Waals surface area contributed by atoms with Crippen LogP contribution in [0.5, 0.6) is 5.75 Å². The van der Waals surface area contributed by atoms with Crippen LogP contribution in [0.2, 0.25) is 0 Å². The van der Waals surface area contributed by atoms with E-state index in [0.29, 0.717) is 12.0 Å². The van der Waals surface area contributed by atoms with Crippen molar-refractivity contribution in [2.75, 3.05) is 0 Å². The molecular weight excluding hydrogens is 196 g/mol. The Morgan fingerprint density at radius 1 is 1.12 bits per heavy atom. The first-order chi connectivity index (χ1) is 7.79. The minimum Gasteiger partial charge on any atom is -0.490 e. The highest BCUT2D eigenvalue weighted by Crippen LogP contribution is 2.28. The van der Waals surface area contributed by atoms with Crippen LogP contribution in [0.25, 0.3) is 0 Å². The highest BCUT2D eigenvalue weighted by molar-refractivity contribution is 5.27. The first-order valence-corrected chi connectivity index (χ1v) is 6.55. The molecule has 0 spiro atoms. The number of ether oxygens (including phenoxy) is 1. The summed E-state index contributed by atoms with van der Waals surface area (Å²) in [6, 6.07) is 8.56. The number of hydrogen-bond acceptors (Lipinski definition) is 1. The van der Waals surface area contributed by atoms with Gasteiger partial charge in [0.1, 0.15) is 11.9 Å². The van der Waals surface area contributed by atoms with E-state index in [4.69, 9.17) is 4.74 Å². The summed E-state index contributed by atoms with van der Waals surface area (Å²) < 4.78 is 6.07. The number of rotatable bonds is 3. The normalized spacial score (nSPS) is 25.4. The summed E-state index contributed by atoms with van der Waals surface area (Å²) in [6.45, 7) is 4.49. The molecule has 1 aliphatic carbocycles. The average Bonchev–Trinajstić information content (AvgIpc) is 2.33. The molecule has 2 atom stereocenters. The van der Waals surface area contributed by atoms with Crippen molar-refractivity contribution >= 4 is 0 Å². The van der Waals surface area contributed by atoms with Gasteiger partial charge in [-0.25, -0.2) is 0 Å². The van der Waals surface area contributed by atoms with E-state index >= 15 is 0 Å². The lowest BCUT2D eigenvalue weighted by Crippen LogP contribution is -2.28. The van der Waals surface area contributed by atoms with E-state index in [-0.39, 0.29) is 0 Å². The zero-order valence-electron chi connectivity index (χ0n) is 10.4. The summed E-state index contributed by atoms with van der Waals surface area (Å²) in [5, 5.41) is 0. The molecule has 1 nitrogen and oxygen atoms in total. The first-order valence-electron chi connectivity index (χ1n) is 6.55. The summed E-state index contributed by atoms with van der Waals surface area (Å²) in [5.74, 6) is 1.75. The third kappa shape index (κ3) is 2.78. The lowest BCUT2D eigenvalue weighted by Gasteiger charge is -2.29. The maximum atomic E-state index is 6.07. The Bertz CT molecular complexity index is 315. The van der Waals surface area contributed by atoms with Gasteiger partial charge in [0.05, 0.1) is 0 Å². The smallest absolute Gasteiger partial charge is 0.119 e. The lowest BCUT2D eigenvalue weighted by atomic mass is 9.88. The Labute approximate surface area is 98.8 Å². The fraction of sp³-hybridized carbons (Fsp3) is 0.600. The molecule has 1 aromatic rings. The Morgan fingerprint density at radius 3 is 2.44 bits per heavy atom. The van der Waals surface area contributed by atoms with Gasteiger partial charge in [-0.2, -0.15) is 0 Å². The topological polar surface area (TPSA) is 9.23 Å². The SMILES string of the molecule is CCc1ccc(O[C@@H]2CCCC[C@H]2C)cc1. The Hall–Kier alpha value is -0.980. The van der Waals surface area contributed by atoms with Gasteiger partial charge in [-0.15, -0.1) is 0 Å². The predicted octanol–water partition coefficient (Wildman–Crippen LogP) is 4.21. The zero-order valence-corrected chi connectivity index (χ0v) is 10.4. The van der Waals surface area contributed by atoms with Crippen LogP contribution in [0.1, 0.15) is 45.1 Å². The van der Waals surface area contributed by atoms with Crippen LogP contribution in [0.4, 0.5) is 0 Å². The molecule has 0 saturated heterocycles. The Kier molecular flexibility index (Phi) is 3.87. The van der Waals surface area contributed by atoms with Crippen molar-refractivity contribution in [2.24, 2.45) is 5.92 Å². The van der Waals surface area contributed by atoms with Crippen LogP contribution in [-0.4, -0.2) is 6.10 Å². The summed E-state index contributed by atoms with van der Waals surface area (Å²) >= 11 is 0. The van der Waals surface area contributed by atoms with E-state index in [1.165, 1.54) is 31.2 Å². The molecule has 88 valence electrons. The maximum absolute atomic E-state index is 6.07. The van der Waals surface area contributed by atoms with Gasteiger partial charge in [0, 0.05) is 0 Å². The molecule has 0 radical (unpaired) electrons. The van der Waals surface area contributed by atoms with Crippen LogP contribution in [0.3, 0.4) is 0 Å². The molecule has 16 heavy (non-hydrogen) atoms. The van der Waals surface area contributed by atoms with Gasteiger partial charge < -0.3 is 4.74 Å².